The van der Waals surface area contributed by atoms with Crippen molar-refractivity contribution in [3.8, 4) is 28.7 Å². The van der Waals surface area contributed by atoms with Gasteiger partial charge in [0.05, 0.1) is 40.0 Å². The van der Waals surface area contributed by atoms with E-state index in [1.165, 1.54) is 11.3 Å². The van der Waals surface area contributed by atoms with Crippen LogP contribution in [-0.4, -0.2) is 44.9 Å². The van der Waals surface area contributed by atoms with Gasteiger partial charge >= 0.3 is 5.97 Å². The quantitative estimate of drug-likeness (QED) is 0.110. The van der Waals surface area contributed by atoms with Crippen molar-refractivity contribution in [1.82, 2.24) is 15.2 Å². The van der Waals surface area contributed by atoms with Gasteiger partial charge in [-0.2, -0.15) is 5.26 Å². The summed E-state index contributed by atoms with van der Waals surface area (Å²) < 4.78 is 12.2. The SMILES string of the molecule is N#Cc1ccc(-c2ccc(C[C@H](NC(=O)C3Cc4cc5c(cc4CN3Cc3nccs3)O[C@@H](c3ccc(OCc4ccc(Cl)c(Cl)c4)cc3)C(=O)N5)C(=O)O)cc2)cc1. The number of carbonyl (C=O) groups excluding carboxylic acids is 2. The topological polar surface area (TPSA) is 154 Å². The summed E-state index contributed by atoms with van der Waals surface area (Å²) in [6.45, 7) is 1.02. The molecule has 0 aliphatic carbocycles. The number of anilines is 1. The maximum Gasteiger partial charge on any atom is 0.326 e. The summed E-state index contributed by atoms with van der Waals surface area (Å²) in [4.78, 5) is 46.4. The second-order valence-corrected chi connectivity index (χ2v) is 16.0. The molecule has 1 aromatic heterocycles. The minimum Gasteiger partial charge on any atom is -0.489 e. The van der Waals surface area contributed by atoms with E-state index in [1.54, 1.807) is 54.7 Å². The molecule has 2 aliphatic heterocycles. The monoisotopic (exact) mass is 843 g/mol. The number of amides is 2. The summed E-state index contributed by atoms with van der Waals surface area (Å²) in [7, 11) is 0. The summed E-state index contributed by atoms with van der Waals surface area (Å²) in [5, 5.41) is 28.7. The molecule has 1 unspecified atom stereocenters. The number of carboxylic acid groups (broad SMARTS) is 1. The van der Waals surface area contributed by atoms with E-state index >= 15 is 0 Å². The number of aromatic nitrogens is 1. The van der Waals surface area contributed by atoms with Crippen LogP contribution in [0.1, 0.15) is 44.5 Å². The van der Waals surface area contributed by atoms with Crippen LogP contribution >= 0.6 is 34.5 Å². The third kappa shape index (κ3) is 9.09. The predicted octanol–water partition coefficient (Wildman–Crippen LogP) is 8.38. The van der Waals surface area contributed by atoms with Crippen LogP contribution in [0.2, 0.25) is 10.0 Å². The van der Waals surface area contributed by atoms with E-state index in [-0.39, 0.29) is 25.4 Å². The first-order valence-electron chi connectivity index (χ1n) is 18.7. The van der Waals surface area contributed by atoms with Gasteiger partial charge in [0.2, 0.25) is 12.0 Å². The lowest BCUT2D eigenvalue weighted by molar-refractivity contribution is -0.142. The molecule has 0 saturated heterocycles. The number of rotatable bonds is 12. The number of nitrogens with zero attached hydrogens (tertiary/aromatic N) is 3. The Bertz CT molecular complexity index is 2560. The van der Waals surface area contributed by atoms with Crippen molar-refractivity contribution >= 4 is 58.0 Å². The van der Waals surface area contributed by atoms with Gasteiger partial charge < -0.3 is 25.2 Å². The molecule has 0 spiro atoms. The highest BCUT2D eigenvalue weighted by molar-refractivity contribution is 7.09. The lowest BCUT2D eigenvalue weighted by Gasteiger charge is -2.37. The predicted molar refractivity (Wildman–Crippen MR) is 224 cm³/mol. The number of nitrogens with one attached hydrogen (secondary N) is 2. The molecule has 0 bridgehead atoms. The smallest absolute Gasteiger partial charge is 0.326 e. The zero-order chi connectivity index (χ0) is 41.0. The van der Waals surface area contributed by atoms with Crippen LogP contribution in [0, 0.1) is 11.3 Å². The largest absolute Gasteiger partial charge is 0.489 e. The van der Waals surface area contributed by atoms with E-state index in [4.69, 9.17) is 37.9 Å². The molecule has 0 radical (unpaired) electrons. The van der Waals surface area contributed by atoms with Crippen LogP contribution in [0.5, 0.6) is 11.5 Å². The Morgan fingerprint density at radius 1 is 0.966 bits per heavy atom. The first kappa shape index (κ1) is 39.6. The van der Waals surface area contributed by atoms with Gasteiger partial charge in [-0.15, -0.1) is 11.3 Å². The Hall–Kier alpha value is -6.23. The second kappa shape index (κ2) is 17.3. The molecule has 5 aromatic carbocycles. The Morgan fingerprint density at radius 3 is 2.37 bits per heavy atom. The van der Waals surface area contributed by atoms with Crippen LogP contribution in [-0.2, 0) is 46.9 Å². The van der Waals surface area contributed by atoms with Crippen molar-refractivity contribution in [2.45, 2.75) is 50.7 Å². The molecule has 6 aromatic rings. The van der Waals surface area contributed by atoms with Gasteiger partial charge in [-0.05, 0) is 88.3 Å². The molecule has 3 N–H and O–H groups in total. The molecule has 3 heterocycles. The molecule has 0 saturated carbocycles. The number of carboxylic acids is 1. The fraction of sp³-hybridized carbons (Fsp3) is 0.178. The van der Waals surface area contributed by atoms with Gasteiger partial charge in [-0.3, -0.25) is 14.5 Å². The number of benzene rings is 5. The first-order valence-corrected chi connectivity index (χ1v) is 20.3. The first-order chi connectivity index (χ1) is 28.6. The van der Waals surface area contributed by atoms with Crippen molar-refractivity contribution in [1.29, 1.82) is 5.26 Å². The highest BCUT2D eigenvalue weighted by Gasteiger charge is 2.37. The molecule has 14 heteroatoms. The normalized spacial score (nSPS) is 16.4. The Labute approximate surface area is 353 Å². The van der Waals surface area contributed by atoms with Gasteiger partial charge in [0.25, 0.3) is 5.91 Å². The van der Waals surface area contributed by atoms with E-state index in [1.807, 2.05) is 64.9 Å². The zero-order valence-corrected chi connectivity index (χ0v) is 33.6. The van der Waals surface area contributed by atoms with E-state index in [0.29, 0.717) is 51.4 Å². The molecule has 8 rings (SSSR count). The number of hydrogen-bond acceptors (Lipinski definition) is 9. The van der Waals surface area contributed by atoms with Gasteiger partial charge in [0.1, 0.15) is 29.2 Å². The minimum atomic E-state index is -1.18. The van der Waals surface area contributed by atoms with Crippen LogP contribution in [0.3, 0.4) is 0 Å². The van der Waals surface area contributed by atoms with Crippen molar-refractivity contribution in [2.24, 2.45) is 0 Å². The van der Waals surface area contributed by atoms with Gasteiger partial charge in [0, 0.05) is 30.1 Å². The van der Waals surface area contributed by atoms with E-state index in [0.717, 1.165) is 38.4 Å². The number of aliphatic carboxylic acids is 1. The molecule has 11 nitrogen and oxygen atoms in total. The molecule has 2 amide bonds. The molecule has 2 aliphatic rings. The molecular formula is C45H35Cl2N5O6S. The Balaban J connectivity index is 0.962. The number of halogens is 2. The number of hydrogen-bond donors (Lipinski definition) is 3. The standard InChI is InChI=1S/C45H35Cl2N5O6S/c46-35-14-5-28(17-36(35)47)25-57-34-12-10-31(11-13-34)42-44(54)50-37-19-32-20-39(52(24-41-49-15-16-59-41)23-33(32)21-40(37)58-42)43(53)51-38(45(55)56)18-26-1-6-29(7-2-26)30-8-3-27(22-48)4-9-30/h1-17,19,21,38-39,42H,18,20,23-25H2,(H,50,54)(H,51,53)(H,55,56)/t38-,39?,42-/m0/s1. The lowest BCUT2D eigenvalue weighted by atomic mass is 9.91. The van der Waals surface area contributed by atoms with E-state index < -0.39 is 30.1 Å². The summed E-state index contributed by atoms with van der Waals surface area (Å²) in [5.41, 5.74) is 6.92. The highest BCUT2D eigenvalue weighted by Crippen LogP contribution is 2.40. The minimum absolute atomic E-state index is 0.0804. The Kier molecular flexibility index (Phi) is 11.6. The molecule has 59 heavy (non-hydrogen) atoms. The van der Waals surface area contributed by atoms with Crippen molar-refractivity contribution in [2.75, 3.05) is 5.32 Å². The average molecular weight is 845 g/mol. The van der Waals surface area contributed by atoms with Crippen molar-refractivity contribution < 1.29 is 29.0 Å². The van der Waals surface area contributed by atoms with Crippen molar-refractivity contribution in [3.05, 3.63) is 163 Å². The Morgan fingerprint density at radius 2 is 1.69 bits per heavy atom. The second-order valence-electron chi connectivity index (χ2n) is 14.3. The summed E-state index contributed by atoms with van der Waals surface area (Å²) >= 11 is 13.6. The van der Waals surface area contributed by atoms with Crippen molar-refractivity contribution in [3.63, 3.8) is 0 Å². The van der Waals surface area contributed by atoms with Crippen LogP contribution in [0.15, 0.2) is 115 Å². The zero-order valence-electron chi connectivity index (χ0n) is 31.2. The van der Waals surface area contributed by atoms with E-state index in [2.05, 4.69) is 21.7 Å². The number of fused-ring (bicyclic) bond motifs is 2. The molecule has 3 atom stereocenters. The lowest BCUT2D eigenvalue weighted by Crippen LogP contribution is -2.54. The maximum absolute atomic E-state index is 14.1. The summed E-state index contributed by atoms with van der Waals surface area (Å²) in [6, 6.07) is 31.1. The summed E-state index contributed by atoms with van der Waals surface area (Å²) in [5.74, 6) is -0.801. The van der Waals surface area contributed by atoms with Gasteiger partial charge in [0.15, 0.2) is 0 Å². The third-order valence-electron chi connectivity index (χ3n) is 10.3. The van der Waals surface area contributed by atoms with Gasteiger partial charge in [-0.1, -0.05) is 77.8 Å². The third-order valence-corrected chi connectivity index (χ3v) is 11.8. The number of ether oxygens (including phenoxy) is 2. The van der Waals surface area contributed by atoms with Crippen LogP contribution in [0.4, 0.5) is 5.69 Å². The molecule has 0 fully saturated rings. The van der Waals surface area contributed by atoms with Crippen LogP contribution < -0.4 is 20.1 Å². The highest BCUT2D eigenvalue weighted by atomic mass is 35.5. The molecular weight excluding hydrogens is 809 g/mol. The fourth-order valence-electron chi connectivity index (χ4n) is 7.20. The fourth-order valence-corrected chi connectivity index (χ4v) is 8.16. The number of nitriles is 1. The number of thiazole rings is 1. The maximum atomic E-state index is 14.1. The van der Waals surface area contributed by atoms with Gasteiger partial charge in [-0.25, -0.2) is 9.78 Å². The van der Waals surface area contributed by atoms with E-state index in [9.17, 15) is 19.5 Å². The number of carbonyl (C=O) groups is 3. The van der Waals surface area contributed by atoms with Crippen LogP contribution in [0.25, 0.3) is 11.1 Å². The molecule has 296 valence electrons. The average Bonchev–Trinajstić information content (AvgIpc) is 3.76. The summed E-state index contributed by atoms with van der Waals surface area (Å²) in [6.07, 6.45) is 1.16.